The van der Waals surface area contributed by atoms with Gasteiger partial charge in [-0.2, -0.15) is 5.26 Å². The van der Waals surface area contributed by atoms with Crippen molar-refractivity contribution < 1.29 is 13.9 Å². The molecule has 0 aromatic rings. The van der Waals surface area contributed by atoms with Gasteiger partial charge in [0.1, 0.15) is 12.3 Å². The molecule has 3 unspecified atom stereocenters. The van der Waals surface area contributed by atoms with Crippen LogP contribution in [0.2, 0.25) is 0 Å². The first-order valence-electron chi connectivity index (χ1n) is 11.3. The second-order valence-electron chi connectivity index (χ2n) is 9.30. The fraction of sp³-hybridized carbons (Fsp3) is 0.913. The maximum atomic E-state index is 13.9. The van der Waals surface area contributed by atoms with Crippen molar-refractivity contribution in [2.24, 2.45) is 29.6 Å². The molecular weight excluding hydrogens is 341 g/mol. The molecule has 3 rings (SSSR count). The van der Waals surface area contributed by atoms with Gasteiger partial charge in [0.25, 0.3) is 0 Å². The highest BCUT2D eigenvalue weighted by Crippen LogP contribution is 2.42. The van der Waals surface area contributed by atoms with E-state index in [0.717, 1.165) is 43.4 Å². The van der Waals surface area contributed by atoms with E-state index in [9.17, 15) is 9.18 Å². The Morgan fingerprint density at radius 1 is 1.00 bits per heavy atom. The zero-order valence-electron chi connectivity index (χ0n) is 16.9. The third kappa shape index (κ3) is 5.46. The second-order valence-corrected chi connectivity index (χ2v) is 9.30. The van der Waals surface area contributed by atoms with Crippen molar-refractivity contribution in [3.8, 4) is 6.07 Å². The fourth-order valence-corrected chi connectivity index (χ4v) is 5.78. The Morgan fingerprint density at radius 3 is 2.19 bits per heavy atom. The van der Waals surface area contributed by atoms with Crippen LogP contribution >= 0.6 is 0 Å². The summed E-state index contributed by atoms with van der Waals surface area (Å²) >= 11 is 0. The summed E-state index contributed by atoms with van der Waals surface area (Å²) in [5.74, 6) is 1.97. The van der Waals surface area contributed by atoms with Crippen LogP contribution in [-0.4, -0.2) is 18.2 Å². The maximum Gasteiger partial charge on any atom is 0.309 e. The Morgan fingerprint density at radius 2 is 1.63 bits per heavy atom. The highest BCUT2D eigenvalue weighted by Gasteiger charge is 2.36. The summed E-state index contributed by atoms with van der Waals surface area (Å²) in [5, 5.41) is 8.91. The van der Waals surface area contributed by atoms with E-state index in [-0.39, 0.29) is 24.4 Å². The van der Waals surface area contributed by atoms with Crippen molar-refractivity contribution >= 4 is 5.97 Å². The third-order valence-electron chi connectivity index (χ3n) is 7.53. The number of alkyl halides is 1. The van der Waals surface area contributed by atoms with Crippen molar-refractivity contribution in [3.63, 3.8) is 0 Å². The summed E-state index contributed by atoms with van der Waals surface area (Å²) in [6.45, 7) is 2.29. The Balaban J connectivity index is 1.38. The molecule has 4 heteroatoms. The third-order valence-corrected chi connectivity index (χ3v) is 7.53. The largest absolute Gasteiger partial charge is 0.462 e. The molecule has 0 aromatic heterocycles. The first-order valence-corrected chi connectivity index (χ1v) is 11.3. The SMILES string of the molecule is CCCC1CCC(C2CCC(C(=O)OC3CCC(C#N)C(F)C3)CC2)CC1. The highest BCUT2D eigenvalue weighted by molar-refractivity contribution is 5.72. The normalized spacial score (nSPS) is 40.1. The van der Waals surface area contributed by atoms with E-state index in [4.69, 9.17) is 10.00 Å². The van der Waals surface area contributed by atoms with Crippen molar-refractivity contribution in [1.29, 1.82) is 5.26 Å². The van der Waals surface area contributed by atoms with Crippen LogP contribution in [0.3, 0.4) is 0 Å². The van der Waals surface area contributed by atoms with E-state index in [2.05, 4.69) is 6.92 Å². The molecule has 0 amide bonds. The number of hydrogen-bond donors (Lipinski definition) is 0. The number of rotatable bonds is 5. The molecule has 3 aliphatic carbocycles. The number of hydrogen-bond acceptors (Lipinski definition) is 3. The zero-order chi connectivity index (χ0) is 19.2. The van der Waals surface area contributed by atoms with Crippen LogP contribution < -0.4 is 0 Å². The van der Waals surface area contributed by atoms with Crippen molar-refractivity contribution in [3.05, 3.63) is 0 Å². The van der Waals surface area contributed by atoms with Gasteiger partial charge in [0.15, 0.2) is 0 Å². The molecule has 3 aliphatic rings. The van der Waals surface area contributed by atoms with Gasteiger partial charge in [-0.05, 0) is 69.1 Å². The van der Waals surface area contributed by atoms with Gasteiger partial charge in [-0.15, -0.1) is 0 Å². The Hall–Kier alpha value is -1.11. The number of nitriles is 1. The van der Waals surface area contributed by atoms with Crippen LogP contribution in [0.25, 0.3) is 0 Å². The lowest BCUT2D eigenvalue weighted by Crippen LogP contribution is -2.35. The van der Waals surface area contributed by atoms with Gasteiger partial charge in [0.05, 0.1) is 17.9 Å². The Kier molecular flexibility index (Phi) is 7.56. The average Bonchev–Trinajstić information content (AvgIpc) is 2.69. The molecule has 0 radical (unpaired) electrons. The molecule has 27 heavy (non-hydrogen) atoms. The standard InChI is InChI=1S/C23H36FNO2/c1-2-3-16-4-6-17(7-5-16)18-8-10-19(11-9-18)23(26)27-21-13-12-20(15-25)22(24)14-21/h16-22H,2-14H2,1H3. The first-order chi connectivity index (χ1) is 13.1. The predicted molar refractivity (Wildman–Crippen MR) is 104 cm³/mol. The molecular formula is C23H36FNO2. The molecule has 3 saturated carbocycles. The number of ether oxygens (including phenoxy) is 1. The Labute approximate surface area is 164 Å². The van der Waals surface area contributed by atoms with Gasteiger partial charge in [-0.1, -0.05) is 32.6 Å². The van der Waals surface area contributed by atoms with Gasteiger partial charge >= 0.3 is 5.97 Å². The van der Waals surface area contributed by atoms with Crippen LogP contribution in [0.15, 0.2) is 0 Å². The number of nitrogens with zero attached hydrogens (tertiary/aromatic N) is 1. The van der Waals surface area contributed by atoms with Gasteiger partial charge in [0, 0.05) is 6.42 Å². The molecule has 0 heterocycles. The summed E-state index contributed by atoms with van der Waals surface area (Å²) in [4.78, 5) is 12.5. The number of esters is 1. The van der Waals surface area contributed by atoms with Gasteiger partial charge in [-0.25, -0.2) is 4.39 Å². The lowest BCUT2D eigenvalue weighted by atomic mass is 9.69. The van der Waals surface area contributed by atoms with E-state index < -0.39 is 12.1 Å². The lowest BCUT2D eigenvalue weighted by Gasteiger charge is -2.37. The summed E-state index contributed by atoms with van der Waals surface area (Å²) < 4.78 is 19.5. The molecule has 0 aromatic carbocycles. The van der Waals surface area contributed by atoms with Crippen LogP contribution in [-0.2, 0) is 9.53 Å². The topological polar surface area (TPSA) is 50.1 Å². The fourth-order valence-electron chi connectivity index (χ4n) is 5.78. The lowest BCUT2D eigenvalue weighted by molar-refractivity contribution is -0.158. The van der Waals surface area contributed by atoms with E-state index in [1.165, 1.54) is 38.5 Å². The minimum absolute atomic E-state index is 0.00410. The van der Waals surface area contributed by atoms with Crippen LogP contribution in [0, 0.1) is 40.9 Å². The molecule has 3 fully saturated rings. The van der Waals surface area contributed by atoms with Crippen molar-refractivity contribution in [1.82, 2.24) is 0 Å². The summed E-state index contributed by atoms with van der Waals surface area (Å²) in [6.07, 6.45) is 12.3. The van der Waals surface area contributed by atoms with Crippen molar-refractivity contribution in [2.75, 3.05) is 0 Å². The first kappa shape index (κ1) is 20.6. The summed E-state index contributed by atoms with van der Waals surface area (Å²) in [6, 6.07) is 2.02. The molecule has 3 nitrogen and oxygen atoms in total. The summed E-state index contributed by atoms with van der Waals surface area (Å²) in [5.41, 5.74) is 0. The van der Waals surface area contributed by atoms with Gasteiger partial charge in [-0.3, -0.25) is 4.79 Å². The smallest absolute Gasteiger partial charge is 0.309 e. The minimum Gasteiger partial charge on any atom is -0.462 e. The minimum atomic E-state index is -1.15. The molecule has 0 bridgehead atoms. The molecule has 3 atom stereocenters. The van der Waals surface area contributed by atoms with E-state index in [1.807, 2.05) is 6.07 Å². The molecule has 152 valence electrons. The van der Waals surface area contributed by atoms with Gasteiger partial charge < -0.3 is 4.74 Å². The highest BCUT2D eigenvalue weighted by atomic mass is 19.1. The molecule has 0 saturated heterocycles. The van der Waals surface area contributed by atoms with Crippen LogP contribution in [0.1, 0.15) is 90.4 Å². The monoisotopic (exact) mass is 377 g/mol. The quantitative estimate of drug-likeness (QED) is 0.554. The van der Waals surface area contributed by atoms with E-state index in [1.54, 1.807) is 0 Å². The van der Waals surface area contributed by atoms with Gasteiger partial charge in [0.2, 0.25) is 0 Å². The van der Waals surface area contributed by atoms with Crippen LogP contribution in [0.4, 0.5) is 4.39 Å². The van der Waals surface area contributed by atoms with E-state index in [0.29, 0.717) is 12.8 Å². The zero-order valence-corrected chi connectivity index (χ0v) is 16.9. The molecule has 0 spiro atoms. The second kappa shape index (κ2) is 9.89. The molecule has 0 N–H and O–H groups in total. The number of carbonyl (C=O) groups excluding carboxylic acids is 1. The summed E-state index contributed by atoms with van der Waals surface area (Å²) in [7, 11) is 0. The maximum absolute atomic E-state index is 13.9. The Bertz CT molecular complexity index is 515. The molecule has 0 aliphatic heterocycles. The van der Waals surface area contributed by atoms with Crippen LogP contribution in [0.5, 0.6) is 0 Å². The van der Waals surface area contributed by atoms with E-state index >= 15 is 0 Å². The number of carbonyl (C=O) groups is 1. The average molecular weight is 378 g/mol. The number of halogens is 1. The van der Waals surface area contributed by atoms with Crippen molar-refractivity contribution in [2.45, 2.75) is 103 Å². The predicted octanol–water partition coefficient (Wildman–Crippen LogP) is 5.97.